The van der Waals surface area contributed by atoms with E-state index in [0.29, 0.717) is 0 Å². The Hall–Kier alpha value is -1.25. The highest BCUT2D eigenvalue weighted by atomic mass is 16.1. The Morgan fingerprint density at radius 1 is 1.07 bits per heavy atom. The molecule has 0 aromatic carbocycles. The minimum Gasteiger partial charge on any atom is -0.292 e. The summed E-state index contributed by atoms with van der Waals surface area (Å²) in [5, 5.41) is 8.03. The zero-order valence-electron chi connectivity index (χ0n) is 8.05. The second kappa shape index (κ2) is 2.87. The molecule has 3 heteroatoms. The Labute approximate surface area is 82.6 Å². The van der Waals surface area contributed by atoms with Crippen molar-refractivity contribution < 1.29 is 4.79 Å². The number of carbonyl (C=O) groups excluding carboxylic acids is 1. The van der Waals surface area contributed by atoms with Gasteiger partial charge in [-0.25, -0.2) is 0 Å². The van der Waals surface area contributed by atoms with E-state index in [4.69, 9.17) is 0 Å². The minimum absolute atomic E-state index is 0.185. The van der Waals surface area contributed by atoms with Gasteiger partial charge in [0.1, 0.15) is 6.54 Å². The lowest BCUT2D eigenvalue weighted by atomic mass is 9.93. The Morgan fingerprint density at radius 3 is 2.86 bits per heavy atom. The number of Topliss-reactive ketones (excluding diaryl/α,β-unsaturated/α-hetero) is 1. The van der Waals surface area contributed by atoms with E-state index in [2.05, 4.69) is 10.2 Å². The summed E-state index contributed by atoms with van der Waals surface area (Å²) in [6.07, 6.45) is 5.62. The standard InChI is InChI=1S/C11H12N2O/c14-10-6-12-13-11-8-4-2-1-3-7(8)5-9(10)11/h1-6H2. The molecule has 0 aromatic heterocycles. The molecule has 0 amide bonds. The van der Waals surface area contributed by atoms with Gasteiger partial charge in [-0.1, -0.05) is 5.57 Å². The molecule has 0 radical (unpaired) electrons. The van der Waals surface area contributed by atoms with Gasteiger partial charge in [-0.2, -0.15) is 10.2 Å². The van der Waals surface area contributed by atoms with Crippen LogP contribution in [-0.4, -0.2) is 12.3 Å². The second-order valence-electron chi connectivity index (χ2n) is 4.12. The van der Waals surface area contributed by atoms with Gasteiger partial charge in [0.15, 0.2) is 5.78 Å². The summed E-state index contributed by atoms with van der Waals surface area (Å²) >= 11 is 0. The van der Waals surface area contributed by atoms with Crippen LogP contribution in [0, 0.1) is 0 Å². The molecular weight excluding hydrogens is 176 g/mol. The number of nitrogens with zero attached hydrogens (tertiary/aromatic N) is 2. The van der Waals surface area contributed by atoms with Gasteiger partial charge in [0.2, 0.25) is 0 Å². The third kappa shape index (κ3) is 1.01. The van der Waals surface area contributed by atoms with Crippen molar-refractivity contribution in [2.45, 2.75) is 32.1 Å². The molecule has 1 heterocycles. The zero-order valence-corrected chi connectivity index (χ0v) is 8.05. The van der Waals surface area contributed by atoms with Gasteiger partial charge in [0.05, 0.1) is 5.70 Å². The molecule has 0 saturated carbocycles. The van der Waals surface area contributed by atoms with E-state index in [1.54, 1.807) is 0 Å². The molecule has 1 aliphatic heterocycles. The molecular formula is C11H12N2O. The first-order valence-electron chi connectivity index (χ1n) is 5.21. The summed E-state index contributed by atoms with van der Waals surface area (Å²) in [4.78, 5) is 11.6. The number of hydrogen-bond acceptors (Lipinski definition) is 3. The van der Waals surface area contributed by atoms with Crippen molar-refractivity contribution in [3.8, 4) is 0 Å². The van der Waals surface area contributed by atoms with Gasteiger partial charge in [-0.05, 0) is 37.7 Å². The lowest BCUT2D eigenvalue weighted by Gasteiger charge is -2.14. The summed E-state index contributed by atoms with van der Waals surface area (Å²) in [6.45, 7) is 0.263. The Bertz CT molecular complexity index is 402. The van der Waals surface area contributed by atoms with Crippen LogP contribution < -0.4 is 0 Å². The number of carbonyl (C=O) groups is 1. The number of fused-ring (bicyclic) bond motifs is 1. The van der Waals surface area contributed by atoms with E-state index in [0.717, 1.165) is 30.5 Å². The highest BCUT2D eigenvalue weighted by molar-refractivity contribution is 6.00. The lowest BCUT2D eigenvalue weighted by molar-refractivity contribution is -0.114. The lowest BCUT2D eigenvalue weighted by Crippen LogP contribution is -2.09. The molecule has 0 spiro atoms. The van der Waals surface area contributed by atoms with Crippen molar-refractivity contribution in [2.24, 2.45) is 10.2 Å². The Morgan fingerprint density at radius 2 is 1.93 bits per heavy atom. The van der Waals surface area contributed by atoms with Gasteiger partial charge in [-0.15, -0.1) is 0 Å². The Kier molecular flexibility index (Phi) is 1.66. The molecule has 0 atom stereocenters. The normalized spacial score (nSPS) is 25.6. The van der Waals surface area contributed by atoms with E-state index >= 15 is 0 Å². The van der Waals surface area contributed by atoms with Gasteiger partial charge >= 0.3 is 0 Å². The predicted molar refractivity (Wildman–Crippen MR) is 51.9 cm³/mol. The first kappa shape index (κ1) is 8.09. The number of ketones is 1. The maximum atomic E-state index is 11.6. The second-order valence-corrected chi connectivity index (χ2v) is 4.12. The smallest absolute Gasteiger partial charge is 0.184 e. The van der Waals surface area contributed by atoms with E-state index in [1.165, 1.54) is 24.0 Å². The van der Waals surface area contributed by atoms with Crippen molar-refractivity contribution in [1.29, 1.82) is 0 Å². The number of azo groups is 1. The predicted octanol–water partition coefficient (Wildman–Crippen LogP) is 2.55. The molecule has 0 saturated heterocycles. The van der Waals surface area contributed by atoms with Gasteiger partial charge < -0.3 is 0 Å². The number of rotatable bonds is 0. The topological polar surface area (TPSA) is 41.8 Å². The van der Waals surface area contributed by atoms with E-state index in [9.17, 15) is 4.79 Å². The summed E-state index contributed by atoms with van der Waals surface area (Å²) in [5.41, 5.74) is 4.65. The zero-order chi connectivity index (χ0) is 9.54. The molecule has 0 fully saturated rings. The van der Waals surface area contributed by atoms with Crippen LogP contribution >= 0.6 is 0 Å². The van der Waals surface area contributed by atoms with Crippen molar-refractivity contribution >= 4 is 5.78 Å². The van der Waals surface area contributed by atoms with Crippen molar-refractivity contribution in [3.63, 3.8) is 0 Å². The third-order valence-electron chi connectivity index (χ3n) is 3.27. The largest absolute Gasteiger partial charge is 0.292 e. The number of allylic oxidation sites excluding steroid dienone is 2. The van der Waals surface area contributed by atoms with Gasteiger partial charge in [0, 0.05) is 5.57 Å². The molecule has 0 unspecified atom stereocenters. The molecule has 3 nitrogen and oxygen atoms in total. The van der Waals surface area contributed by atoms with Crippen LogP contribution in [0.25, 0.3) is 0 Å². The monoisotopic (exact) mass is 188 g/mol. The van der Waals surface area contributed by atoms with Crippen LogP contribution in [0.3, 0.4) is 0 Å². The summed E-state index contributed by atoms with van der Waals surface area (Å²) in [7, 11) is 0. The maximum Gasteiger partial charge on any atom is 0.184 e. The van der Waals surface area contributed by atoms with Crippen LogP contribution in [0.4, 0.5) is 0 Å². The first-order chi connectivity index (χ1) is 6.86. The molecule has 2 aliphatic carbocycles. The summed E-state index contributed by atoms with van der Waals surface area (Å²) < 4.78 is 0. The molecule has 72 valence electrons. The molecule has 3 aliphatic rings. The first-order valence-corrected chi connectivity index (χ1v) is 5.21. The maximum absolute atomic E-state index is 11.6. The molecule has 0 N–H and O–H groups in total. The van der Waals surface area contributed by atoms with E-state index in [-0.39, 0.29) is 12.3 Å². The average Bonchev–Trinajstić information content (AvgIpc) is 2.59. The molecule has 14 heavy (non-hydrogen) atoms. The van der Waals surface area contributed by atoms with Crippen LogP contribution in [0.5, 0.6) is 0 Å². The van der Waals surface area contributed by atoms with Crippen molar-refractivity contribution in [1.82, 2.24) is 0 Å². The quantitative estimate of drug-likeness (QED) is 0.576. The summed E-state index contributed by atoms with van der Waals surface area (Å²) in [6, 6.07) is 0. The molecule has 3 rings (SSSR count). The Balaban J connectivity index is 2.05. The van der Waals surface area contributed by atoms with E-state index in [1.807, 2.05) is 0 Å². The fourth-order valence-corrected chi connectivity index (χ4v) is 2.55. The number of hydrogen-bond donors (Lipinski definition) is 0. The SMILES string of the molecule is O=C1CN=NC2=C1CC1=C2CCCC1. The average molecular weight is 188 g/mol. The fraction of sp³-hybridized carbons (Fsp3) is 0.545. The van der Waals surface area contributed by atoms with Crippen LogP contribution in [-0.2, 0) is 4.79 Å². The van der Waals surface area contributed by atoms with Gasteiger partial charge in [0.25, 0.3) is 0 Å². The van der Waals surface area contributed by atoms with Gasteiger partial charge in [-0.3, -0.25) is 4.79 Å². The highest BCUT2D eigenvalue weighted by Crippen LogP contribution is 2.42. The molecule has 0 bridgehead atoms. The highest BCUT2D eigenvalue weighted by Gasteiger charge is 2.31. The van der Waals surface area contributed by atoms with Crippen LogP contribution in [0.15, 0.2) is 32.6 Å². The van der Waals surface area contributed by atoms with Crippen LogP contribution in [0.1, 0.15) is 32.1 Å². The van der Waals surface area contributed by atoms with Crippen LogP contribution in [0.2, 0.25) is 0 Å². The third-order valence-corrected chi connectivity index (χ3v) is 3.27. The van der Waals surface area contributed by atoms with E-state index < -0.39 is 0 Å². The van der Waals surface area contributed by atoms with Crippen molar-refractivity contribution in [3.05, 3.63) is 22.4 Å². The minimum atomic E-state index is 0.185. The summed E-state index contributed by atoms with van der Waals surface area (Å²) in [5.74, 6) is 0.185. The molecule has 0 aromatic rings. The van der Waals surface area contributed by atoms with Crippen molar-refractivity contribution in [2.75, 3.05) is 6.54 Å². The fourth-order valence-electron chi connectivity index (χ4n) is 2.55.